The van der Waals surface area contributed by atoms with E-state index < -0.39 is 22.6 Å². The molecule has 150 valence electrons. The Labute approximate surface area is 171 Å². The van der Waals surface area contributed by atoms with Gasteiger partial charge in [-0.3, -0.25) is 19.7 Å². The van der Waals surface area contributed by atoms with E-state index in [1.54, 1.807) is 36.4 Å². The fourth-order valence-corrected chi connectivity index (χ4v) is 2.55. The third kappa shape index (κ3) is 5.14. The van der Waals surface area contributed by atoms with Crippen molar-refractivity contribution < 1.29 is 18.9 Å². The SMILES string of the molecule is O=C(Nc1ccc([N+](=O)[O-])cc1)/C(=C\c1ccccc1F)NC(=O)c1ccccc1. The first kappa shape index (κ1) is 20.4. The summed E-state index contributed by atoms with van der Waals surface area (Å²) in [6, 6.07) is 19.2. The van der Waals surface area contributed by atoms with E-state index in [0.29, 0.717) is 5.56 Å². The van der Waals surface area contributed by atoms with E-state index in [0.717, 1.165) is 0 Å². The van der Waals surface area contributed by atoms with E-state index >= 15 is 0 Å². The van der Waals surface area contributed by atoms with Crippen LogP contribution in [-0.4, -0.2) is 16.7 Å². The van der Waals surface area contributed by atoms with Crippen LogP contribution in [0, 0.1) is 15.9 Å². The average Bonchev–Trinajstić information content (AvgIpc) is 2.75. The Morgan fingerprint density at radius 2 is 1.53 bits per heavy atom. The highest BCUT2D eigenvalue weighted by atomic mass is 19.1. The molecule has 0 saturated heterocycles. The van der Waals surface area contributed by atoms with Crippen molar-refractivity contribution in [3.63, 3.8) is 0 Å². The molecular formula is C22H16FN3O4. The summed E-state index contributed by atoms with van der Waals surface area (Å²) in [7, 11) is 0. The predicted molar refractivity (Wildman–Crippen MR) is 110 cm³/mol. The lowest BCUT2D eigenvalue weighted by Crippen LogP contribution is -2.30. The molecule has 0 spiro atoms. The van der Waals surface area contributed by atoms with Crippen molar-refractivity contribution >= 4 is 29.3 Å². The number of nitro groups is 1. The number of rotatable bonds is 6. The number of halogens is 1. The van der Waals surface area contributed by atoms with Gasteiger partial charge in [0.05, 0.1) is 4.92 Å². The molecule has 0 unspecified atom stereocenters. The third-order valence-electron chi connectivity index (χ3n) is 4.07. The molecule has 7 nitrogen and oxygen atoms in total. The maximum Gasteiger partial charge on any atom is 0.272 e. The first-order chi connectivity index (χ1) is 14.4. The monoisotopic (exact) mass is 405 g/mol. The maximum absolute atomic E-state index is 14.1. The molecule has 0 atom stereocenters. The fraction of sp³-hybridized carbons (Fsp3) is 0. The van der Waals surface area contributed by atoms with Gasteiger partial charge in [0.25, 0.3) is 17.5 Å². The zero-order valence-corrected chi connectivity index (χ0v) is 15.5. The lowest BCUT2D eigenvalue weighted by atomic mass is 10.1. The van der Waals surface area contributed by atoms with Crippen molar-refractivity contribution in [1.82, 2.24) is 5.32 Å². The van der Waals surface area contributed by atoms with Gasteiger partial charge in [-0.25, -0.2) is 4.39 Å². The van der Waals surface area contributed by atoms with Crippen molar-refractivity contribution in [1.29, 1.82) is 0 Å². The van der Waals surface area contributed by atoms with Crippen LogP contribution in [-0.2, 0) is 4.79 Å². The van der Waals surface area contributed by atoms with Crippen LogP contribution in [0.2, 0.25) is 0 Å². The van der Waals surface area contributed by atoms with Crippen molar-refractivity contribution in [2.24, 2.45) is 0 Å². The predicted octanol–water partition coefficient (Wildman–Crippen LogP) is 4.14. The van der Waals surface area contributed by atoms with Gasteiger partial charge in [-0.1, -0.05) is 36.4 Å². The summed E-state index contributed by atoms with van der Waals surface area (Å²) < 4.78 is 14.1. The highest BCUT2D eigenvalue weighted by Gasteiger charge is 2.16. The Bertz CT molecular complexity index is 1110. The van der Waals surface area contributed by atoms with E-state index in [1.807, 2.05) is 0 Å². The molecule has 8 heteroatoms. The van der Waals surface area contributed by atoms with Crippen LogP contribution in [0.25, 0.3) is 6.08 Å². The zero-order valence-electron chi connectivity index (χ0n) is 15.5. The van der Waals surface area contributed by atoms with Crippen molar-refractivity contribution in [3.8, 4) is 0 Å². The molecule has 0 aliphatic rings. The van der Waals surface area contributed by atoms with Gasteiger partial charge >= 0.3 is 0 Å². The number of hydrogen-bond donors (Lipinski definition) is 2. The largest absolute Gasteiger partial charge is 0.321 e. The first-order valence-corrected chi connectivity index (χ1v) is 8.82. The summed E-state index contributed by atoms with van der Waals surface area (Å²) in [5, 5.41) is 15.8. The van der Waals surface area contributed by atoms with Crippen molar-refractivity contribution in [2.45, 2.75) is 0 Å². The number of carbonyl (C=O) groups excluding carboxylic acids is 2. The maximum atomic E-state index is 14.1. The Balaban J connectivity index is 1.88. The summed E-state index contributed by atoms with van der Waals surface area (Å²) in [5.41, 5.74) is 0.388. The number of nitrogens with zero attached hydrogens (tertiary/aromatic N) is 1. The zero-order chi connectivity index (χ0) is 21.5. The van der Waals surface area contributed by atoms with Gasteiger partial charge in [-0.2, -0.15) is 0 Å². The number of nitro benzene ring substituents is 1. The molecule has 0 aliphatic carbocycles. The molecule has 2 N–H and O–H groups in total. The van der Waals surface area contributed by atoms with E-state index in [2.05, 4.69) is 10.6 Å². The standard InChI is InChI=1S/C22H16FN3O4/c23-19-9-5-4-8-16(19)14-20(25-21(27)15-6-2-1-3-7-15)22(28)24-17-10-12-18(13-11-17)26(29)30/h1-14H,(H,24,28)(H,25,27)/b20-14+. The number of non-ortho nitro benzene ring substituents is 1. The van der Waals surface area contributed by atoms with Crippen LogP contribution in [0.3, 0.4) is 0 Å². The fourth-order valence-electron chi connectivity index (χ4n) is 2.55. The quantitative estimate of drug-likeness (QED) is 0.365. The molecule has 30 heavy (non-hydrogen) atoms. The van der Waals surface area contributed by atoms with Gasteiger partial charge in [-0.05, 0) is 36.4 Å². The topological polar surface area (TPSA) is 101 Å². The second kappa shape index (κ2) is 9.24. The molecule has 3 aromatic rings. The van der Waals surface area contributed by atoms with Gasteiger partial charge in [0.15, 0.2) is 0 Å². The van der Waals surface area contributed by atoms with E-state index in [-0.39, 0.29) is 22.6 Å². The summed E-state index contributed by atoms with van der Waals surface area (Å²) in [5.74, 6) is -1.82. The van der Waals surface area contributed by atoms with Gasteiger partial charge in [0.2, 0.25) is 0 Å². The van der Waals surface area contributed by atoms with Gasteiger partial charge in [0.1, 0.15) is 11.5 Å². The Hall–Kier alpha value is -4.33. The molecule has 0 heterocycles. The summed E-state index contributed by atoms with van der Waals surface area (Å²) in [4.78, 5) is 35.5. The molecular weight excluding hydrogens is 389 g/mol. The minimum absolute atomic E-state index is 0.111. The lowest BCUT2D eigenvalue weighted by molar-refractivity contribution is -0.384. The smallest absolute Gasteiger partial charge is 0.272 e. The van der Waals surface area contributed by atoms with E-state index in [1.165, 1.54) is 48.5 Å². The average molecular weight is 405 g/mol. The van der Waals surface area contributed by atoms with Crippen molar-refractivity contribution in [2.75, 3.05) is 5.32 Å². The Morgan fingerprint density at radius 1 is 0.900 bits per heavy atom. The minimum Gasteiger partial charge on any atom is -0.321 e. The van der Waals surface area contributed by atoms with Crippen LogP contribution < -0.4 is 10.6 Å². The molecule has 0 radical (unpaired) electrons. The van der Waals surface area contributed by atoms with Gasteiger partial charge in [0, 0.05) is 28.9 Å². The van der Waals surface area contributed by atoms with Crippen LogP contribution in [0.4, 0.5) is 15.8 Å². The minimum atomic E-state index is -0.712. The van der Waals surface area contributed by atoms with Crippen LogP contribution in [0.5, 0.6) is 0 Å². The van der Waals surface area contributed by atoms with Crippen molar-refractivity contribution in [3.05, 3.63) is 112 Å². The van der Waals surface area contributed by atoms with E-state index in [4.69, 9.17) is 0 Å². The summed E-state index contributed by atoms with van der Waals surface area (Å²) in [6.45, 7) is 0. The number of hydrogen-bond acceptors (Lipinski definition) is 4. The molecule has 3 rings (SSSR count). The highest BCUT2D eigenvalue weighted by Crippen LogP contribution is 2.17. The number of benzene rings is 3. The second-order valence-corrected chi connectivity index (χ2v) is 6.16. The molecule has 0 saturated carbocycles. The summed E-state index contributed by atoms with van der Waals surface area (Å²) in [6.07, 6.45) is 1.22. The third-order valence-corrected chi connectivity index (χ3v) is 4.07. The normalized spacial score (nSPS) is 10.9. The second-order valence-electron chi connectivity index (χ2n) is 6.16. The van der Waals surface area contributed by atoms with Gasteiger partial charge in [-0.15, -0.1) is 0 Å². The van der Waals surface area contributed by atoms with Crippen LogP contribution in [0.15, 0.2) is 84.6 Å². The molecule has 0 aromatic heterocycles. The molecule has 0 bridgehead atoms. The Kier molecular flexibility index (Phi) is 6.29. The van der Waals surface area contributed by atoms with Crippen LogP contribution in [0.1, 0.15) is 15.9 Å². The lowest BCUT2D eigenvalue weighted by Gasteiger charge is -2.11. The molecule has 0 aliphatic heterocycles. The number of amides is 2. The number of anilines is 1. The Morgan fingerprint density at radius 3 is 2.17 bits per heavy atom. The van der Waals surface area contributed by atoms with Gasteiger partial charge < -0.3 is 10.6 Å². The summed E-state index contributed by atoms with van der Waals surface area (Å²) >= 11 is 0. The molecule has 2 amide bonds. The first-order valence-electron chi connectivity index (χ1n) is 8.82. The molecule has 3 aromatic carbocycles. The molecule has 0 fully saturated rings. The number of carbonyl (C=O) groups is 2. The van der Waals surface area contributed by atoms with E-state index in [9.17, 15) is 24.1 Å². The number of nitrogens with one attached hydrogen (secondary N) is 2. The van der Waals surface area contributed by atoms with Crippen LogP contribution >= 0.6 is 0 Å². The highest BCUT2D eigenvalue weighted by molar-refractivity contribution is 6.10.